The molecule has 3 aromatic rings. The van der Waals surface area contributed by atoms with Gasteiger partial charge >= 0.3 is 0 Å². The van der Waals surface area contributed by atoms with Gasteiger partial charge in [0.2, 0.25) is 0 Å². The summed E-state index contributed by atoms with van der Waals surface area (Å²) < 4.78 is 13.0. The van der Waals surface area contributed by atoms with E-state index in [4.69, 9.17) is 0 Å². The van der Waals surface area contributed by atoms with Crippen molar-refractivity contribution in [2.75, 3.05) is 19.6 Å². The Morgan fingerprint density at radius 1 is 0.818 bits per heavy atom. The molecule has 5 heteroatoms. The number of likely N-dealkylation sites (tertiary alicyclic amines) is 1. The monoisotopic (exact) mass is 449 g/mol. The number of hydrogen-bond donors (Lipinski definition) is 3. The number of halogens is 1. The lowest BCUT2D eigenvalue weighted by atomic mass is 9.83. The maximum atomic E-state index is 13.0. The summed E-state index contributed by atoms with van der Waals surface area (Å²) in [5.41, 5.74) is 2.29. The Morgan fingerprint density at radius 2 is 1.48 bits per heavy atom. The molecule has 4 rings (SSSR count). The first-order valence-electron chi connectivity index (χ1n) is 11.7. The lowest BCUT2D eigenvalue weighted by Gasteiger charge is -2.39. The molecule has 1 fully saturated rings. The van der Waals surface area contributed by atoms with Crippen molar-refractivity contribution < 1.29 is 19.7 Å². The van der Waals surface area contributed by atoms with Gasteiger partial charge in [-0.15, -0.1) is 0 Å². The number of rotatable bonds is 8. The molecule has 4 nitrogen and oxygen atoms in total. The Hall–Kier alpha value is -2.57. The largest absolute Gasteiger partial charge is 0.388 e. The molecule has 0 bridgehead atoms. The van der Waals surface area contributed by atoms with E-state index in [1.54, 1.807) is 12.1 Å². The second-order valence-electron chi connectivity index (χ2n) is 9.02. The fourth-order valence-corrected chi connectivity index (χ4v) is 4.62. The van der Waals surface area contributed by atoms with Crippen LogP contribution in [0.4, 0.5) is 4.39 Å². The molecule has 1 heterocycles. The van der Waals surface area contributed by atoms with Crippen molar-refractivity contribution in [3.8, 4) is 0 Å². The number of hydrogen-bond acceptors (Lipinski definition) is 4. The van der Waals surface area contributed by atoms with Crippen molar-refractivity contribution in [1.29, 1.82) is 0 Å². The van der Waals surface area contributed by atoms with Gasteiger partial charge in [0.25, 0.3) is 0 Å². The number of benzene rings is 3. The van der Waals surface area contributed by atoms with Gasteiger partial charge in [-0.1, -0.05) is 60.7 Å². The molecule has 0 radical (unpaired) electrons. The zero-order valence-electron chi connectivity index (χ0n) is 18.8. The Kier molecular flexibility index (Phi) is 7.56. The van der Waals surface area contributed by atoms with E-state index in [9.17, 15) is 19.7 Å². The van der Waals surface area contributed by atoms with Gasteiger partial charge in [-0.25, -0.2) is 4.39 Å². The highest BCUT2D eigenvalue weighted by Crippen LogP contribution is 2.35. The van der Waals surface area contributed by atoms with Crippen molar-refractivity contribution in [2.45, 2.75) is 43.5 Å². The Balaban J connectivity index is 1.30. The molecule has 3 aromatic carbocycles. The molecule has 0 spiro atoms. The molecule has 3 N–H and O–H groups in total. The van der Waals surface area contributed by atoms with Crippen LogP contribution in [0.25, 0.3) is 0 Å². The van der Waals surface area contributed by atoms with E-state index in [-0.39, 0.29) is 5.82 Å². The topological polar surface area (TPSA) is 63.9 Å². The first-order valence-corrected chi connectivity index (χ1v) is 11.7. The zero-order chi connectivity index (χ0) is 23.3. The van der Waals surface area contributed by atoms with Crippen LogP contribution >= 0.6 is 0 Å². The molecule has 2 atom stereocenters. The molecule has 174 valence electrons. The van der Waals surface area contributed by atoms with E-state index in [2.05, 4.69) is 4.90 Å². The summed E-state index contributed by atoms with van der Waals surface area (Å²) in [4.78, 5) is 2.31. The van der Waals surface area contributed by atoms with E-state index in [0.29, 0.717) is 19.3 Å². The lowest BCUT2D eigenvalue weighted by Crippen LogP contribution is -2.43. The fourth-order valence-electron chi connectivity index (χ4n) is 4.62. The molecular formula is C28H32FNO3. The van der Waals surface area contributed by atoms with Crippen molar-refractivity contribution in [3.05, 3.63) is 107 Å². The molecule has 2 unspecified atom stereocenters. The Labute approximate surface area is 194 Å². The van der Waals surface area contributed by atoms with Crippen LogP contribution < -0.4 is 0 Å². The smallest absolute Gasteiger partial charge is 0.123 e. The minimum Gasteiger partial charge on any atom is -0.388 e. The Bertz CT molecular complexity index is 1020. The van der Waals surface area contributed by atoms with Crippen LogP contribution in [0.1, 0.15) is 60.1 Å². The predicted octanol–water partition coefficient (Wildman–Crippen LogP) is 4.70. The molecule has 0 aromatic heterocycles. The van der Waals surface area contributed by atoms with Gasteiger partial charge < -0.3 is 20.2 Å². The van der Waals surface area contributed by atoms with Crippen molar-refractivity contribution >= 4 is 0 Å². The summed E-state index contributed by atoms with van der Waals surface area (Å²) in [5.74, 6) is -0.299. The van der Waals surface area contributed by atoms with Crippen molar-refractivity contribution in [1.82, 2.24) is 4.90 Å². The predicted molar refractivity (Wildman–Crippen MR) is 127 cm³/mol. The molecule has 1 aliphatic heterocycles. The lowest BCUT2D eigenvalue weighted by molar-refractivity contribution is -0.0267. The van der Waals surface area contributed by atoms with Crippen molar-refractivity contribution in [3.63, 3.8) is 0 Å². The van der Waals surface area contributed by atoms with E-state index >= 15 is 0 Å². The Morgan fingerprint density at radius 3 is 2.18 bits per heavy atom. The minimum atomic E-state index is -0.906. The van der Waals surface area contributed by atoms with Crippen molar-refractivity contribution in [2.24, 2.45) is 0 Å². The number of piperidine rings is 1. The van der Waals surface area contributed by atoms with E-state index in [0.717, 1.165) is 48.3 Å². The number of nitrogens with zero attached hydrogens (tertiary/aromatic N) is 1. The highest BCUT2D eigenvalue weighted by Gasteiger charge is 2.34. The van der Waals surface area contributed by atoms with Crippen LogP contribution in [0, 0.1) is 5.82 Å². The highest BCUT2D eigenvalue weighted by molar-refractivity contribution is 5.35. The van der Waals surface area contributed by atoms with Crippen LogP contribution in [0.2, 0.25) is 0 Å². The quantitative estimate of drug-likeness (QED) is 0.466. The van der Waals surface area contributed by atoms with Gasteiger partial charge in [-0.2, -0.15) is 0 Å². The van der Waals surface area contributed by atoms with Crippen LogP contribution in [0.5, 0.6) is 0 Å². The van der Waals surface area contributed by atoms with Crippen LogP contribution in [0.15, 0.2) is 78.9 Å². The summed E-state index contributed by atoms with van der Waals surface area (Å²) in [7, 11) is 0. The third-order valence-corrected chi connectivity index (χ3v) is 6.74. The maximum Gasteiger partial charge on any atom is 0.123 e. The zero-order valence-corrected chi connectivity index (χ0v) is 18.8. The summed E-state index contributed by atoms with van der Waals surface area (Å²) in [6.07, 6.45) is 1.38. The average molecular weight is 450 g/mol. The van der Waals surface area contributed by atoms with Crippen LogP contribution in [0.3, 0.4) is 0 Å². The summed E-state index contributed by atoms with van der Waals surface area (Å²) in [6.45, 7) is 2.39. The minimum absolute atomic E-state index is 0.299. The van der Waals surface area contributed by atoms with Gasteiger partial charge in [0.1, 0.15) is 11.9 Å². The van der Waals surface area contributed by atoms with Gasteiger partial charge in [0.05, 0.1) is 11.7 Å². The molecule has 33 heavy (non-hydrogen) atoms. The van der Waals surface area contributed by atoms with Gasteiger partial charge in [-0.05, 0) is 72.7 Å². The van der Waals surface area contributed by atoms with E-state index < -0.39 is 17.8 Å². The summed E-state index contributed by atoms with van der Waals surface area (Å²) in [5, 5.41) is 32.4. The molecule has 1 saturated heterocycles. The maximum absolute atomic E-state index is 13.0. The fraction of sp³-hybridized carbons (Fsp3) is 0.357. The highest BCUT2D eigenvalue weighted by atomic mass is 19.1. The third-order valence-electron chi connectivity index (χ3n) is 6.74. The van der Waals surface area contributed by atoms with Crippen LogP contribution in [-0.4, -0.2) is 39.9 Å². The van der Waals surface area contributed by atoms with Crippen LogP contribution in [-0.2, 0) is 5.60 Å². The molecule has 0 saturated carbocycles. The summed E-state index contributed by atoms with van der Waals surface area (Å²) in [6, 6.07) is 23.2. The average Bonchev–Trinajstić information content (AvgIpc) is 2.86. The first-order chi connectivity index (χ1) is 15.9. The summed E-state index contributed by atoms with van der Waals surface area (Å²) >= 11 is 0. The third kappa shape index (κ3) is 5.87. The first kappa shape index (κ1) is 23.6. The second kappa shape index (κ2) is 10.6. The molecule has 0 aliphatic carbocycles. The number of aliphatic hydroxyl groups is 3. The van der Waals surface area contributed by atoms with E-state index in [1.165, 1.54) is 12.1 Å². The molecular weight excluding hydrogens is 417 g/mol. The van der Waals surface area contributed by atoms with Gasteiger partial charge in [0, 0.05) is 13.1 Å². The van der Waals surface area contributed by atoms with Gasteiger partial charge in [0.15, 0.2) is 0 Å². The van der Waals surface area contributed by atoms with E-state index in [1.807, 2.05) is 54.6 Å². The SMILES string of the molecule is OC(CCCN1CCC(O)(c2cccc(C(O)c3ccccc3)c2)CC1)c1ccc(F)cc1. The number of aliphatic hydroxyl groups excluding tert-OH is 2. The molecule has 0 amide bonds. The van der Waals surface area contributed by atoms with Gasteiger partial charge in [-0.3, -0.25) is 0 Å². The standard InChI is InChI=1S/C28H32FNO3/c29-25-13-11-21(12-14-25)26(31)10-5-17-30-18-15-28(33,16-19-30)24-9-4-8-23(20-24)27(32)22-6-2-1-3-7-22/h1-4,6-9,11-14,20,26-27,31-33H,5,10,15-19H2. The molecule has 1 aliphatic rings. The normalized spacial score (nSPS) is 18.1. The second-order valence-corrected chi connectivity index (χ2v) is 9.02.